The van der Waals surface area contributed by atoms with Crippen molar-refractivity contribution >= 4 is 23.5 Å². The number of hydrogen-bond donors (Lipinski definition) is 1. The van der Waals surface area contributed by atoms with Gasteiger partial charge in [-0.3, -0.25) is 9.59 Å². The molecule has 0 radical (unpaired) electrons. The number of benzene rings is 2. The van der Waals surface area contributed by atoms with Crippen LogP contribution in [0.2, 0.25) is 0 Å². The maximum atomic E-state index is 12.2. The minimum absolute atomic E-state index is 0.119. The van der Waals surface area contributed by atoms with E-state index in [1.807, 2.05) is 31.2 Å². The molecule has 2 rings (SSSR count). The van der Waals surface area contributed by atoms with Crippen LogP contribution in [0, 0.1) is 0 Å². The van der Waals surface area contributed by atoms with Crippen LogP contribution in [0.5, 0.6) is 5.75 Å². The van der Waals surface area contributed by atoms with Crippen LogP contribution >= 0.6 is 0 Å². The Morgan fingerprint density at radius 2 is 1.87 bits per heavy atom. The van der Waals surface area contributed by atoms with E-state index in [4.69, 9.17) is 4.74 Å². The van der Waals surface area contributed by atoms with Gasteiger partial charge in [0, 0.05) is 18.2 Å². The van der Waals surface area contributed by atoms with E-state index in [0.717, 1.165) is 11.3 Å². The summed E-state index contributed by atoms with van der Waals surface area (Å²) in [6.07, 6.45) is 3.27. The molecule has 23 heavy (non-hydrogen) atoms. The van der Waals surface area contributed by atoms with Gasteiger partial charge in [-0.2, -0.15) is 0 Å². The molecule has 0 unspecified atom stereocenters. The number of rotatable bonds is 6. The van der Waals surface area contributed by atoms with Gasteiger partial charge >= 0.3 is 0 Å². The van der Waals surface area contributed by atoms with Crippen LogP contribution < -0.4 is 10.1 Å². The second-order valence-corrected chi connectivity index (χ2v) is 4.96. The molecule has 0 heterocycles. The lowest BCUT2D eigenvalue weighted by Crippen LogP contribution is -2.06. The van der Waals surface area contributed by atoms with E-state index in [1.165, 1.54) is 13.0 Å². The first-order chi connectivity index (χ1) is 11.1. The molecule has 0 saturated carbocycles. The van der Waals surface area contributed by atoms with Crippen LogP contribution in [0.4, 0.5) is 5.69 Å². The highest BCUT2D eigenvalue weighted by Gasteiger charge is 2.04. The molecule has 0 aliphatic rings. The third-order valence-electron chi connectivity index (χ3n) is 3.09. The molecule has 4 heteroatoms. The van der Waals surface area contributed by atoms with Gasteiger partial charge in [0.2, 0.25) is 5.91 Å². The van der Waals surface area contributed by atoms with Gasteiger partial charge in [0.15, 0.2) is 5.78 Å². The summed E-state index contributed by atoms with van der Waals surface area (Å²) < 4.78 is 5.38. The van der Waals surface area contributed by atoms with Gasteiger partial charge in [0.1, 0.15) is 5.75 Å². The molecule has 1 amide bonds. The molecular formula is C19H19NO3. The smallest absolute Gasteiger partial charge is 0.221 e. The van der Waals surface area contributed by atoms with E-state index in [2.05, 4.69) is 5.32 Å². The van der Waals surface area contributed by atoms with Crippen molar-refractivity contribution in [3.63, 3.8) is 0 Å². The second-order valence-electron chi connectivity index (χ2n) is 4.96. The van der Waals surface area contributed by atoms with Crippen LogP contribution in [0.3, 0.4) is 0 Å². The highest BCUT2D eigenvalue weighted by Crippen LogP contribution is 2.15. The molecule has 0 saturated heterocycles. The number of nitrogens with one attached hydrogen (secondary N) is 1. The number of ketones is 1. The van der Waals surface area contributed by atoms with Gasteiger partial charge in [0.05, 0.1) is 6.61 Å². The standard InChI is InChI=1S/C19H19NO3/c1-3-23-18-10-7-15(8-11-18)9-12-19(22)16-5-4-6-17(13-16)20-14(2)21/h4-13H,3H2,1-2H3,(H,20,21)/b12-9+. The predicted octanol–water partition coefficient (Wildman–Crippen LogP) is 3.94. The van der Waals surface area contributed by atoms with Gasteiger partial charge in [-0.15, -0.1) is 0 Å². The Labute approximate surface area is 135 Å². The first-order valence-electron chi connectivity index (χ1n) is 7.41. The zero-order chi connectivity index (χ0) is 16.7. The zero-order valence-corrected chi connectivity index (χ0v) is 13.2. The summed E-state index contributed by atoms with van der Waals surface area (Å²) in [5.41, 5.74) is 2.05. The Morgan fingerprint density at radius 1 is 1.13 bits per heavy atom. The molecule has 0 aliphatic heterocycles. The fourth-order valence-electron chi connectivity index (χ4n) is 2.06. The number of ether oxygens (including phenoxy) is 1. The quantitative estimate of drug-likeness (QED) is 0.649. The van der Waals surface area contributed by atoms with Crippen molar-refractivity contribution in [2.24, 2.45) is 0 Å². The number of carbonyl (C=O) groups is 2. The molecule has 0 bridgehead atoms. The summed E-state index contributed by atoms with van der Waals surface area (Å²) in [7, 11) is 0. The van der Waals surface area contributed by atoms with Crippen LogP contribution in [-0.2, 0) is 4.79 Å². The zero-order valence-electron chi connectivity index (χ0n) is 13.2. The topological polar surface area (TPSA) is 55.4 Å². The lowest BCUT2D eigenvalue weighted by Gasteiger charge is -2.04. The summed E-state index contributed by atoms with van der Waals surface area (Å²) in [5.74, 6) is 0.518. The van der Waals surface area contributed by atoms with Crippen molar-refractivity contribution in [3.8, 4) is 5.75 Å². The highest BCUT2D eigenvalue weighted by atomic mass is 16.5. The molecule has 0 atom stereocenters. The monoisotopic (exact) mass is 309 g/mol. The van der Waals surface area contributed by atoms with E-state index < -0.39 is 0 Å². The number of hydrogen-bond acceptors (Lipinski definition) is 3. The average molecular weight is 309 g/mol. The Morgan fingerprint density at radius 3 is 2.52 bits per heavy atom. The second kappa shape index (κ2) is 7.94. The molecule has 4 nitrogen and oxygen atoms in total. The van der Waals surface area contributed by atoms with Crippen molar-refractivity contribution in [1.82, 2.24) is 0 Å². The van der Waals surface area contributed by atoms with E-state index in [9.17, 15) is 9.59 Å². The van der Waals surface area contributed by atoms with Crippen LogP contribution in [0.1, 0.15) is 29.8 Å². The minimum atomic E-state index is -0.167. The van der Waals surface area contributed by atoms with E-state index in [-0.39, 0.29) is 11.7 Å². The van der Waals surface area contributed by atoms with Gasteiger partial charge in [0.25, 0.3) is 0 Å². The SMILES string of the molecule is CCOc1ccc(/C=C/C(=O)c2cccc(NC(C)=O)c2)cc1. The fraction of sp³-hybridized carbons (Fsp3) is 0.158. The van der Waals surface area contributed by atoms with Crippen molar-refractivity contribution in [1.29, 1.82) is 0 Å². The maximum absolute atomic E-state index is 12.2. The maximum Gasteiger partial charge on any atom is 0.221 e. The Balaban J connectivity index is 2.07. The summed E-state index contributed by atoms with van der Waals surface area (Å²) in [4.78, 5) is 23.3. The van der Waals surface area contributed by atoms with Gasteiger partial charge in [-0.05, 0) is 42.8 Å². The Hall–Kier alpha value is -2.88. The number of carbonyl (C=O) groups excluding carboxylic acids is 2. The lowest BCUT2D eigenvalue weighted by molar-refractivity contribution is -0.114. The highest BCUT2D eigenvalue weighted by molar-refractivity contribution is 6.07. The number of amides is 1. The molecule has 0 spiro atoms. The van der Waals surface area contributed by atoms with Crippen molar-refractivity contribution < 1.29 is 14.3 Å². The van der Waals surface area contributed by atoms with Crippen LogP contribution in [0.15, 0.2) is 54.6 Å². The molecule has 1 N–H and O–H groups in total. The number of anilines is 1. The summed E-state index contributed by atoms with van der Waals surface area (Å²) in [6.45, 7) is 3.99. The molecule has 2 aromatic rings. The van der Waals surface area contributed by atoms with Gasteiger partial charge < -0.3 is 10.1 Å². The van der Waals surface area contributed by atoms with Crippen LogP contribution in [-0.4, -0.2) is 18.3 Å². The van der Waals surface area contributed by atoms with E-state index >= 15 is 0 Å². The molecular weight excluding hydrogens is 290 g/mol. The van der Waals surface area contributed by atoms with E-state index in [0.29, 0.717) is 17.9 Å². The predicted molar refractivity (Wildman–Crippen MR) is 91.7 cm³/mol. The molecule has 2 aromatic carbocycles. The Bertz CT molecular complexity index is 718. The minimum Gasteiger partial charge on any atom is -0.494 e. The van der Waals surface area contributed by atoms with Crippen molar-refractivity contribution in [3.05, 3.63) is 65.7 Å². The molecule has 0 aromatic heterocycles. The van der Waals surface area contributed by atoms with Gasteiger partial charge in [-0.1, -0.05) is 30.3 Å². The third kappa shape index (κ3) is 5.11. The molecule has 0 fully saturated rings. The van der Waals surface area contributed by atoms with Crippen molar-refractivity contribution in [2.75, 3.05) is 11.9 Å². The first-order valence-corrected chi connectivity index (χ1v) is 7.41. The summed E-state index contributed by atoms with van der Waals surface area (Å²) >= 11 is 0. The third-order valence-corrected chi connectivity index (χ3v) is 3.09. The molecule has 0 aliphatic carbocycles. The lowest BCUT2D eigenvalue weighted by atomic mass is 10.1. The largest absolute Gasteiger partial charge is 0.494 e. The fourth-order valence-corrected chi connectivity index (χ4v) is 2.06. The number of allylic oxidation sites excluding steroid dienone is 1. The van der Waals surface area contributed by atoms with Crippen LogP contribution in [0.25, 0.3) is 6.08 Å². The Kier molecular flexibility index (Phi) is 5.69. The first kappa shape index (κ1) is 16.5. The van der Waals surface area contributed by atoms with E-state index in [1.54, 1.807) is 30.3 Å². The summed E-state index contributed by atoms with van der Waals surface area (Å²) in [6, 6.07) is 14.4. The summed E-state index contributed by atoms with van der Waals surface area (Å²) in [5, 5.41) is 2.66. The van der Waals surface area contributed by atoms with Gasteiger partial charge in [-0.25, -0.2) is 0 Å². The molecule has 118 valence electrons. The normalized spacial score (nSPS) is 10.5. The average Bonchev–Trinajstić information content (AvgIpc) is 2.54. The van der Waals surface area contributed by atoms with Crippen molar-refractivity contribution in [2.45, 2.75) is 13.8 Å².